The largest absolute Gasteiger partial charge is 0.481 e. The zero-order valence-electron chi connectivity index (χ0n) is 10.7. The molecule has 0 fully saturated rings. The molecule has 1 rings (SSSR count). The molecule has 0 saturated carbocycles. The van der Waals surface area contributed by atoms with Gasteiger partial charge in [0, 0.05) is 12.5 Å². The highest BCUT2D eigenvalue weighted by atomic mass is 19.2. The Morgan fingerprint density at radius 1 is 1.33 bits per heavy atom. The second-order valence-corrected chi connectivity index (χ2v) is 4.66. The Morgan fingerprint density at radius 2 is 1.94 bits per heavy atom. The number of hydrogen-bond acceptors (Lipinski definition) is 2. The summed E-state index contributed by atoms with van der Waals surface area (Å²) in [6.45, 7) is 1.78. The van der Waals surface area contributed by atoms with Crippen LogP contribution in [0.15, 0.2) is 18.2 Å². The summed E-state index contributed by atoms with van der Waals surface area (Å²) in [6, 6.07) is 3.41. The standard InChI is InChI=1S/C13H17F2NO2/c1-8(6-12(17)18)13(16(2)3)9-4-5-10(14)11(15)7-9/h4-5,7-8,13H,6H2,1-3H3,(H,17,18). The lowest BCUT2D eigenvalue weighted by Crippen LogP contribution is -2.27. The lowest BCUT2D eigenvalue weighted by atomic mass is 9.91. The summed E-state index contributed by atoms with van der Waals surface area (Å²) in [4.78, 5) is 12.5. The molecule has 0 amide bonds. The van der Waals surface area contributed by atoms with E-state index in [-0.39, 0.29) is 18.4 Å². The van der Waals surface area contributed by atoms with E-state index in [2.05, 4.69) is 0 Å². The molecule has 0 heterocycles. The first-order valence-corrected chi connectivity index (χ1v) is 5.66. The highest BCUT2D eigenvalue weighted by Gasteiger charge is 2.24. The van der Waals surface area contributed by atoms with Crippen LogP contribution in [0.2, 0.25) is 0 Å². The normalized spacial score (nSPS) is 14.6. The van der Waals surface area contributed by atoms with Gasteiger partial charge in [0.15, 0.2) is 11.6 Å². The molecule has 18 heavy (non-hydrogen) atoms. The fraction of sp³-hybridized carbons (Fsp3) is 0.462. The summed E-state index contributed by atoms with van der Waals surface area (Å²) in [5, 5.41) is 8.81. The van der Waals surface area contributed by atoms with Crippen LogP contribution in [0.4, 0.5) is 8.78 Å². The summed E-state index contributed by atoms with van der Waals surface area (Å²) in [5.74, 6) is -2.93. The molecule has 0 spiro atoms. The van der Waals surface area contributed by atoms with Gasteiger partial charge in [0.05, 0.1) is 0 Å². The van der Waals surface area contributed by atoms with Crippen molar-refractivity contribution in [1.82, 2.24) is 4.90 Å². The second-order valence-electron chi connectivity index (χ2n) is 4.66. The molecular weight excluding hydrogens is 240 g/mol. The molecule has 1 aromatic carbocycles. The first-order chi connectivity index (χ1) is 8.32. The zero-order chi connectivity index (χ0) is 13.9. The molecule has 0 saturated heterocycles. The van der Waals surface area contributed by atoms with Crippen molar-refractivity contribution in [1.29, 1.82) is 0 Å². The maximum atomic E-state index is 13.2. The Hall–Kier alpha value is -1.49. The van der Waals surface area contributed by atoms with E-state index in [1.165, 1.54) is 6.07 Å². The van der Waals surface area contributed by atoms with E-state index in [9.17, 15) is 13.6 Å². The van der Waals surface area contributed by atoms with Gasteiger partial charge in [-0.15, -0.1) is 0 Å². The summed E-state index contributed by atoms with van der Waals surface area (Å²) in [7, 11) is 3.56. The zero-order valence-corrected chi connectivity index (χ0v) is 10.7. The molecule has 2 atom stereocenters. The summed E-state index contributed by atoms with van der Waals surface area (Å²) < 4.78 is 26.1. The van der Waals surface area contributed by atoms with E-state index in [1.54, 1.807) is 25.9 Å². The van der Waals surface area contributed by atoms with Gasteiger partial charge >= 0.3 is 5.97 Å². The SMILES string of the molecule is CC(CC(=O)O)C(c1ccc(F)c(F)c1)N(C)C. The van der Waals surface area contributed by atoms with E-state index in [4.69, 9.17) is 5.11 Å². The van der Waals surface area contributed by atoms with Crippen molar-refractivity contribution in [3.63, 3.8) is 0 Å². The maximum Gasteiger partial charge on any atom is 0.303 e. The molecule has 100 valence electrons. The van der Waals surface area contributed by atoms with Crippen LogP contribution in [0, 0.1) is 17.6 Å². The van der Waals surface area contributed by atoms with Crippen LogP contribution in [0.25, 0.3) is 0 Å². The van der Waals surface area contributed by atoms with E-state index >= 15 is 0 Å². The third-order valence-electron chi connectivity index (χ3n) is 2.88. The number of nitrogens with zero attached hydrogens (tertiary/aromatic N) is 1. The van der Waals surface area contributed by atoms with Crippen molar-refractivity contribution in [2.75, 3.05) is 14.1 Å². The van der Waals surface area contributed by atoms with Gasteiger partial charge < -0.3 is 10.0 Å². The summed E-state index contributed by atoms with van der Waals surface area (Å²) >= 11 is 0. The minimum absolute atomic E-state index is 0.0260. The third kappa shape index (κ3) is 3.50. The van der Waals surface area contributed by atoms with Gasteiger partial charge in [0.1, 0.15) is 0 Å². The quantitative estimate of drug-likeness (QED) is 0.881. The van der Waals surface area contributed by atoms with Crippen LogP contribution in [0.3, 0.4) is 0 Å². The topological polar surface area (TPSA) is 40.5 Å². The lowest BCUT2D eigenvalue weighted by molar-refractivity contribution is -0.138. The highest BCUT2D eigenvalue weighted by Crippen LogP contribution is 2.29. The number of hydrogen-bond donors (Lipinski definition) is 1. The van der Waals surface area contributed by atoms with E-state index < -0.39 is 17.6 Å². The van der Waals surface area contributed by atoms with Gasteiger partial charge in [-0.1, -0.05) is 13.0 Å². The maximum absolute atomic E-state index is 13.2. The Labute approximate surface area is 105 Å². The van der Waals surface area contributed by atoms with Gasteiger partial charge in [-0.25, -0.2) is 8.78 Å². The average Bonchev–Trinajstić information content (AvgIpc) is 2.21. The summed E-state index contributed by atoms with van der Waals surface area (Å²) in [5.41, 5.74) is 0.577. The first kappa shape index (κ1) is 14.6. The molecular formula is C13H17F2NO2. The molecule has 0 radical (unpaired) electrons. The smallest absolute Gasteiger partial charge is 0.303 e. The van der Waals surface area contributed by atoms with Crippen LogP contribution in [0.5, 0.6) is 0 Å². The summed E-state index contributed by atoms with van der Waals surface area (Å²) in [6.07, 6.45) is -0.0260. The third-order valence-corrected chi connectivity index (χ3v) is 2.88. The van der Waals surface area contributed by atoms with E-state index in [1.807, 2.05) is 0 Å². The Balaban J connectivity index is 3.04. The molecule has 5 heteroatoms. The van der Waals surface area contributed by atoms with Crippen molar-refractivity contribution in [2.24, 2.45) is 5.92 Å². The van der Waals surface area contributed by atoms with Crippen LogP contribution in [0.1, 0.15) is 24.9 Å². The monoisotopic (exact) mass is 257 g/mol. The Bertz CT molecular complexity index is 435. The predicted octanol–water partition coefficient (Wildman–Crippen LogP) is 2.68. The van der Waals surface area contributed by atoms with Gasteiger partial charge in [-0.3, -0.25) is 4.79 Å². The highest BCUT2D eigenvalue weighted by molar-refractivity contribution is 5.67. The molecule has 0 aromatic heterocycles. The van der Waals surface area contributed by atoms with Gasteiger partial charge in [0.25, 0.3) is 0 Å². The van der Waals surface area contributed by atoms with Crippen LogP contribution < -0.4 is 0 Å². The number of aliphatic carboxylic acids is 1. The number of carboxylic acids is 1. The first-order valence-electron chi connectivity index (χ1n) is 5.66. The van der Waals surface area contributed by atoms with Crippen LogP contribution >= 0.6 is 0 Å². The van der Waals surface area contributed by atoms with Crippen molar-refractivity contribution in [3.8, 4) is 0 Å². The average molecular weight is 257 g/mol. The Kier molecular flexibility index (Phi) is 4.78. The fourth-order valence-corrected chi connectivity index (χ4v) is 2.22. The van der Waals surface area contributed by atoms with E-state index in [0.717, 1.165) is 12.1 Å². The molecule has 0 bridgehead atoms. The molecule has 2 unspecified atom stereocenters. The Morgan fingerprint density at radius 3 is 2.39 bits per heavy atom. The molecule has 0 aliphatic heterocycles. The van der Waals surface area contributed by atoms with Gasteiger partial charge in [-0.05, 0) is 37.7 Å². The molecule has 0 aliphatic carbocycles. The van der Waals surface area contributed by atoms with Crippen molar-refractivity contribution >= 4 is 5.97 Å². The van der Waals surface area contributed by atoms with Gasteiger partial charge in [0.2, 0.25) is 0 Å². The van der Waals surface area contributed by atoms with Gasteiger partial charge in [-0.2, -0.15) is 0 Å². The predicted molar refractivity (Wildman–Crippen MR) is 64.2 cm³/mol. The van der Waals surface area contributed by atoms with Crippen molar-refractivity contribution < 1.29 is 18.7 Å². The van der Waals surface area contributed by atoms with Crippen molar-refractivity contribution in [2.45, 2.75) is 19.4 Å². The molecule has 1 N–H and O–H groups in total. The number of carboxylic acid groups (broad SMARTS) is 1. The second kappa shape index (κ2) is 5.91. The number of carbonyl (C=O) groups is 1. The van der Waals surface area contributed by atoms with Crippen LogP contribution in [-0.2, 0) is 4.79 Å². The van der Waals surface area contributed by atoms with E-state index in [0.29, 0.717) is 5.56 Å². The van der Waals surface area contributed by atoms with Crippen LogP contribution in [-0.4, -0.2) is 30.1 Å². The molecule has 1 aromatic rings. The molecule has 0 aliphatic rings. The lowest BCUT2D eigenvalue weighted by Gasteiger charge is -2.29. The minimum atomic E-state index is -0.915. The number of halogens is 2. The number of rotatable bonds is 5. The van der Waals surface area contributed by atoms with Crippen molar-refractivity contribution in [3.05, 3.63) is 35.4 Å². The molecule has 3 nitrogen and oxygen atoms in total. The minimum Gasteiger partial charge on any atom is -0.481 e. The fourth-order valence-electron chi connectivity index (χ4n) is 2.22. The number of benzene rings is 1.